The van der Waals surface area contributed by atoms with Crippen molar-refractivity contribution in [3.8, 4) is 0 Å². The van der Waals surface area contributed by atoms with Crippen LogP contribution in [0.2, 0.25) is 5.15 Å². The Balaban J connectivity index is 2.02. The van der Waals surface area contributed by atoms with E-state index in [4.69, 9.17) is 11.6 Å². The SMILES string of the molecule is CC(C)c1nc(Cl)cc(NCC2(O)CCCCCC2)n1. The van der Waals surface area contributed by atoms with Gasteiger partial charge in [-0.3, -0.25) is 0 Å². The zero-order chi connectivity index (χ0) is 14.6. The summed E-state index contributed by atoms with van der Waals surface area (Å²) in [4.78, 5) is 8.67. The van der Waals surface area contributed by atoms with E-state index in [0.717, 1.165) is 31.5 Å². The first-order chi connectivity index (χ1) is 9.48. The molecule has 1 aliphatic carbocycles. The van der Waals surface area contributed by atoms with Crippen LogP contribution < -0.4 is 5.32 Å². The molecular weight excluding hydrogens is 274 g/mol. The first-order valence-corrected chi connectivity index (χ1v) is 7.87. The van der Waals surface area contributed by atoms with Crippen LogP contribution in [0.5, 0.6) is 0 Å². The largest absolute Gasteiger partial charge is 0.388 e. The number of aromatic nitrogens is 2. The molecular formula is C15H24ClN3O. The van der Waals surface area contributed by atoms with E-state index in [0.29, 0.717) is 17.5 Å². The van der Waals surface area contributed by atoms with Crippen molar-refractivity contribution in [1.29, 1.82) is 0 Å². The van der Waals surface area contributed by atoms with Crippen LogP contribution in [0.4, 0.5) is 5.82 Å². The monoisotopic (exact) mass is 297 g/mol. The minimum Gasteiger partial charge on any atom is -0.388 e. The Morgan fingerprint density at radius 3 is 2.50 bits per heavy atom. The molecule has 0 spiro atoms. The maximum absolute atomic E-state index is 10.6. The predicted molar refractivity (Wildman–Crippen MR) is 82.3 cm³/mol. The molecule has 4 nitrogen and oxygen atoms in total. The van der Waals surface area contributed by atoms with Crippen LogP contribution in [-0.4, -0.2) is 27.2 Å². The summed E-state index contributed by atoms with van der Waals surface area (Å²) in [6, 6.07) is 1.72. The van der Waals surface area contributed by atoms with Crippen molar-refractivity contribution in [2.45, 2.75) is 63.9 Å². The molecule has 0 atom stereocenters. The van der Waals surface area contributed by atoms with Gasteiger partial charge in [0, 0.05) is 18.5 Å². The van der Waals surface area contributed by atoms with Crippen molar-refractivity contribution < 1.29 is 5.11 Å². The Bertz CT molecular complexity index is 443. The molecule has 0 amide bonds. The van der Waals surface area contributed by atoms with Crippen molar-refractivity contribution in [2.24, 2.45) is 0 Å². The fraction of sp³-hybridized carbons (Fsp3) is 0.733. The van der Waals surface area contributed by atoms with Crippen molar-refractivity contribution in [2.75, 3.05) is 11.9 Å². The van der Waals surface area contributed by atoms with Gasteiger partial charge >= 0.3 is 0 Å². The number of hydrogen-bond donors (Lipinski definition) is 2. The number of anilines is 1. The minimum atomic E-state index is -0.619. The standard InChI is InChI=1S/C15H24ClN3O/c1-11(2)14-18-12(16)9-13(19-14)17-10-15(20)7-5-3-4-6-8-15/h9,11,20H,3-8,10H2,1-2H3,(H,17,18,19). The maximum Gasteiger partial charge on any atom is 0.135 e. The fourth-order valence-electron chi connectivity index (χ4n) is 2.60. The van der Waals surface area contributed by atoms with Gasteiger partial charge in [0.25, 0.3) is 0 Å². The lowest BCUT2D eigenvalue weighted by molar-refractivity contribution is 0.0380. The molecule has 1 fully saturated rings. The van der Waals surface area contributed by atoms with E-state index in [2.05, 4.69) is 15.3 Å². The lowest BCUT2D eigenvalue weighted by atomic mass is 9.94. The average Bonchev–Trinajstić information content (AvgIpc) is 2.61. The molecule has 1 aliphatic rings. The van der Waals surface area contributed by atoms with E-state index >= 15 is 0 Å². The highest BCUT2D eigenvalue weighted by molar-refractivity contribution is 6.29. The number of halogens is 1. The maximum atomic E-state index is 10.6. The Morgan fingerprint density at radius 1 is 1.25 bits per heavy atom. The van der Waals surface area contributed by atoms with E-state index in [1.807, 2.05) is 13.8 Å². The summed E-state index contributed by atoms with van der Waals surface area (Å²) in [6.45, 7) is 4.60. The van der Waals surface area contributed by atoms with E-state index in [1.54, 1.807) is 6.07 Å². The molecule has 0 aliphatic heterocycles. The summed E-state index contributed by atoms with van der Waals surface area (Å²) in [7, 11) is 0. The summed E-state index contributed by atoms with van der Waals surface area (Å²) in [5.74, 6) is 1.66. The molecule has 1 aromatic heterocycles. The van der Waals surface area contributed by atoms with Gasteiger partial charge in [-0.25, -0.2) is 9.97 Å². The second kappa shape index (κ2) is 6.72. The van der Waals surface area contributed by atoms with E-state index in [-0.39, 0.29) is 5.92 Å². The zero-order valence-electron chi connectivity index (χ0n) is 12.3. The molecule has 2 rings (SSSR count). The first kappa shape index (κ1) is 15.5. The van der Waals surface area contributed by atoms with Crippen molar-refractivity contribution in [3.05, 3.63) is 17.0 Å². The van der Waals surface area contributed by atoms with Gasteiger partial charge in [0.1, 0.15) is 16.8 Å². The number of aliphatic hydroxyl groups is 1. The van der Waals surface area contributed by atoms with Gasteiger partial charge < -0.3 is 10.4 Å². The third-order valence-corrected chi connectivity index (χ3v) is 4.06. The van der Waals surface area contributed by atoms with Gasteiger partial charge in [0.2, 0.25) is 0 Å². The van der Waals surface area contributed by atoms with Gasteiger partial charge in [-0.1, -0.05) is 51.1 Å². The summed E-state index contributed by atoms with van der Waals surface area (Å²) in [5.41, 5.74) is -0.619. The van der Waals surface area contributed by atoms with Gasteiger partial charge in [-0.15, -0.1) is 0 Å². The summed E-state index contributed by atoms with van der Waals surface area (Å²) in [5, 5.41) is 14.3. The zero-order valence-corrected chi connectivity index (χ0v) is 13.1. The van der Waals surface area contributed by atoms with Gasteiger partial charge in [-0.05, 0) is 12.8 Å². The Kier molecular flexibility index (Phi) is 5.22. The fourth-order valence-corrected chi connectivity index (χ4v) is 2.79. The highest BCUT2D eigenvalue weighted by Gasteiger charge is 2.27. The Hall–Kier alpha value is -0.870. The van der Waals surface area contributed by atoms with Crippen LogP contribution in [0.1, 0.15) is 64.1 Å². The molecule has 0 aromatic carbocycles. The van der Waals surface area contributed by atoms with Crippen LogP contribution in [0.25, 0.3) is 0 Å². The average molecular weight is 298 g/mol. The Labute approximate surface area is 126 Å². The van der Waals surface area contributed by atoms with Crippen molar-refractivity contribution >= 4 is 17.4 Å². The highest BCUT2D eigenvalue weighted by atomic mass is 35.5. The lowest BCUT2D eigenvalue weighted by Gasteiger charge is -2.27. The highest BCUT2D eigenvalue weighted by Crippen LogP contribution is 2.27. The topological polar surface area (TPSA) is 58.0 Å². The smallest absolute Gasteiger partial charge is 0.135 e. The van der Waals surface area contributed by atoms with Crippen molar-refractivity contribution in [1.82, 2.24) is 9.97 Å². The summed E-state index contributed by atoms with van der Waals surface area (Å²) >= 11 is 6.02. The molecule has 0 unspecified atom stereocenters. The molecule has 1 saturated carbocycles. The first-order valence-electron chi connectivity index (χ1n) is 7.49. The van der Waals surface area contributed by atoms with Gasteiger partial charge in [0.05, 0.1) is 5.60 Å². The molecule has 5 heteroatoms. The lowest BCUT2D eigenvalue weighted by Crippen LogP contribution is -2.36. The van der Waals surface area contributed by atoms with Gasteiger partial charge in [-0.2, -0.15) is 0 Å². The predicted octanol–water partition coefficient (Wildman–Crippen LogP) is 3.75. The number of nitrogens with one attached hydrogen (secondary N) is 1. The van der Waals surface area contributed by atoms with Crippen LogP contribution in [0.3, 0.4) is 0 Å². The number of nitrogens with zero attached hydrogens (tertiary/aromatic N) is 2. The molecule has 0 bridgehead atoms. The molecule has 20 heavy (non-hydrogen) atoms. The van der Waals surface area contributed by atoms with E-state index in [1.165, 1.54) is 12.8 Å². The summed E-state index contributed by atoms with van der Waals surface area (Å²) in [6.07, 6.45) is 6.35. The summed E-state index contributed by atoms with van der Waals surface area (Å²) < 4.78 is 0. The molecule has 0 saturated heterocycles. The molecule has 1 heterocycles. The van der Waals surface area contributed by atoms with Crippen LogP contribution in [0.15, 0.2) is 6.07 Å². The Morgan fingerprint density at radius 2 is 1.90 bits per heavy atom. The second-order valence-corrected chi connectivity index (χ2v) is 6.47. The third kappa shape index (κ3) is 4.32. The molecule has 1 aromatic rings. The number of rotatable bonds is 4. The van der Waals surface area contributed by atoms with Gasteiger partial charge in [0.15, 0.2) is 0 Å². The van der Waals surface area contributed by atoms with E-state index in [9.17, 15) is 5.11 Å². The minimum absolute atomic E-state index is 0.232. The second-order valence-electron chi connectivity index (χ2n) is 6.08. The van der Waals surface area contributed by atoms with Crippen molar-refractivity contribution in [3.63, 3.8) is 0 Å². The normalized spacial score (nSPS) is 18.9. The van der Waals surface area contributed by atoms with Crippen LogP contribution in [0, 0.1) is 0 Å². The quantitative estimate of drug-likeness (QED) is 0.656. The molecule has 112 valence electrons. The van der Waals surface area contributed by atoms with Crippen LogP contribution >= 0.6 is 11.6 Å². The van der Waals surface area contributed by atoms with Crippen LogP contribution in [-0.2, 0) is 0 Å². The van der Waals surface area contributed by atoms with E-state index < -0.39 is 5.60 Å². The number of hydrogen-bond acceptors (Lipinski definition) is 4. The third-order valence-electron chi connectivity index (χ3n) is 3.86. The molecule has 0 radical (unpaired) electrons. The molecule has 2 N–H and O–H groups in total.